The summed E-state index contributed by atoms with van der Waals surface area (Å²) in [6, 6.07) is 5.34. The van der Waals surface area contributed by atoms with Gasteiger partial charge < -0.3 is 9.64 Å². The number of piperidine rings is 1. The van der Waals surface area contributed by atoms with Crippen molar-refractivity contribution < 1.29 is 9.53 Å². The van der Waals surface area contributed by atoms with Gasteiger partial charge in [0.05, 0.1) is 18.5 Å². The van der Waals surface area contributed by atoms with Crippen molar-refractivity contribution in [1.29, 1.82) is 0 Å². The van der Waals surface area contributed by atoms with E-state index in [1.54, 1.807) is 15.4 Å². The number of amides is 1. The van der Waals surface area contributed by atoms with Crippen LogP contribution < -0.4 is 4.74 Å². The van der Waals surface area contributed by atoms with Crippen molar-refractivity contribution in [2.45, 2.75) is 32.7 Å². The average molecular weight is 368 g/mol. The fourth-order valence-electron chi connectivity index (χ4n) is 3.47. The van der Waals surface area contributed by atoms with Crippen LogP contribution in [0.3, 0.4) is 0 Å². The second-order valence-corrected chi connectivity index (χ2v) is 7.10. The number of rotatable bonds is 5. The summed E-state index contributed by atoms with van der Waals surface area (Å²) in [5.74, 6) is 1.16. The van der Waals surface area contributed by atoms with Crippen LogP contribution in [0.2, 0.25) is 0 Å². The van der Waals surface area contributed by atoms with Gasteiger partial charge in [-0.25, -0.2) is 9.50 Å². The molecule has 1 amide bonds. The molecule has 0 bridgehead atoms. The molecule has 1 unspecified atom stereocenters. The molecule has 4 rings (SSSR count). The minimum Gasteiger partial charge on any atom is -0.476 e. The molecule has 1 aliphatic heterocycles. The highest BCUT2D eigenvalue weighted by Crippen LogP contribution is 2.21. The van der Waals surface area contributed by atoms with E-state index in [1.807, 2.05) is 49.3 Å². The van der Waals surface area contributed by atoms with Crippen LogP contribution in [0.4, 0.5) is 0 Å². The minimum atomic E-state index is -0.262. The van der Waals surface area contributed by atoms with Gasteiger partial charge in [-0.05, 0) is 44.7 Å². The number of aryl methyl sites for hydroxylation is 1. The lowest BCUT2D eigenvalue weighted by Gasteiger charge is -2.33. The first-order chi connectivity index (χ1) is 13.1. The molecule has 3 aromatic heterocycles. The van der Waals surface area contributed by atoms with Crippen molar-refractivity contribution in [3.8, 4) is 5.88 Å². The monoisotopic (exact) mass is 368 g/mol. The van der Waals surface area contributed by atoms with E-state index < -0.39 is 0 Å². The summed E-state index contributed by atoms with van der Waals surface area (Å²) in [5.41, 5.74) is 1.75. The molecule has 1 fully saturated rings. The Morgan fingerprint density at radius 3 is 2.89 bits per heavy atom. The molecule has 27 heavy (non-hydrogen) atoms. The zero-order chi connectivity index (χ0) is 18.8. The smallest absolute Gasteiger partial charge is 0.247 e. The Morgan fingerprint density at radius 1 is 1.33 bits per heavy atom. The number of nitrogens with zero attached hydrogens (tertiary/aromatic N) is 6. The normalized spacial score (nSPS) is 16.6. The summed E-state index contributed by atoms with van der Waals surface area (Å²) in [5, 5.41) is 8.60. The third-order valence-electron chi connectivity index (χ3n) is 5.09. The number of ether oxygens (including phenoxy) is 1. The zero-order valence-corrected chi connectivity index (χ0v) is 15.7. The van der Waals surface area contributed by atoms with Crippen LogP contribution in [0.25, 0.3) is 5.65 Å². The number of carbonyl (C=O) groups excluding carboxylic acids is 1. The lowest BCUT2D eigenvalue weighted by atomic mass is 9.97. The highest BCUT2D eigenvalue weighted by Gasteiger charge is 2.27. The molecular formula is C19H24N6O2. The summed E-state index contributed by atoms with van der Waals surface area (Å²) < 4.78 is 9.33. The van der Waals surface area contributed by atoms with E-state index in [4.69, 9.17) is 4.74 Å². The van der Waals surface area contributed by atoms with Crippen LogP contribution in [-0.2, 0) is 4.79 Å². The second-order valence-electron chi connectivity index (χ2n) is 7.10. The van der Waals surface area contributed by atoms with E-state index in [0.717, 1.165) is 37.3 Å². The number of imidazole rings is 1. The van der Waals surface area contributed by atoms with Crippen LogP contribution in [0.1, 0.15) is 31.5 Å². The molecule has 1 saturated heterocycles. The summed E-state index contributed by atoms with van der Waals surface area (Å²) in [6.07, 6.45) is 7.28. The Bertz CT molecular complexity index is 912. The first kappa shape index (κ1) is 17.5. The van der Waals surface area contributed by atoms with Gasteiger partial charge in [0.1, 0.15) is 6.04 Å². The second kappa shape index (κ2) is 7.38. The molecule has 0 radical (unpaired) electrons. The van der Waals surface area contributed by atoms with E-state index in [0.29, 0.717) is 18.4 Å². The molecule has 8 nitrogen and oxygen atoms in total. The first-order valence-corrected chi connectivity index (χ1v) is 9.34. The quantitative estimate of drug-likeness (QED) is 0.689. The van der Waals surface area contributed by atoms with Crippen LogP contribution in [0, 0.1) is 12.8 Å². The maximum absolute atomic E-state index is 12.6. The van der Waals surface area contributed by atoms with Gasteiger partial charge in [-0.3, -0.25) is 9.48 Å². The van der Waals surface area contributed by atoms with E-state index >= 15 is 0 Å². The summed E-state index contributed by atoms with van der Waals surface area (Å²) >= 11 is 0. The fourth-order valence-corrected chi connectivity index (χ4v) is 3.47. The Balaban J connectivity index is 1.28. The van der Waals surface area contributed by atoms with Gasteiger partial charge in [-0.1, -0.05) is 0 Å². The number of carbonyl (C=O) groups is 1. The number of hydrogen-bond acceptors (Lipinski definition) is 5. The molecular weight excluding hydrogens is 344 g/mol. The highest BCUT2D eigenvalue weighted by atomic mass is 16.5. The van der Waals surface area contributed by atoms with Gasteiger partial charge in [0.25, 0.3) is 0 Å². The van der Waals surface area contributed by atoms with Crippen LogP contribution in [0.15, 0.2) is 36.8 Å². The third kappa shape index (κ3) is 3.79. The van der Waals surface area contributed by atoms with Gasteiger partial charge in [0.15, 0.2) is 5.65 Å². The predicted octanol–water partition coefficient (Wildman–Crippen LogP) is 2.11. The van der Waals surface area contributed by atoms with E-state index in [1.165, 1.54) is 0 Å². The Hall–Kier alpha value is -2.90. The SMILES string of the molecule is Cc1cn2nc(OCC3CCN(C(=O)C(C)n4cccn4)CC3)ccc2n1. The van der Waals surface area contributed by atoms with Crippen LogP contribution >= 0.6 is 0 Å². The van der Waals surface area contributed by atoms with Crippen molar-refractivity contribution in [2.24, 2.45) is 5.92 Å². The lowest BCUT2D eigenvalue weighted by molar-refractivity contribution is -0.136. The standard InChI is InChI=1S/C19H24N6O2/c1-14-12-25-17(21-14)4-5-18(22-25)27-13-16-6-10-23(11-7-16)19(26)15(2)24-9-3-8-20-24/h3-5,8-9,12,15-16H,6-7,10-11,13H2,1-2H3. The predicted molar refractivity (Wildman–Crippen MR) is 99.5 cm³/mol. The van der Waals surface area contributed by atoms with Gasteiger partial charge in [-0.15, -0.1) is 5.10 Å². The largest absolute Gasteiger partial charge is 0.476 e. The molecule has 0 aliphatic carbocycles. The Kier molecular flexibility index (Phi) is 4.79. The summed E-state index contributed by atoms with van der Waals surface area (Å²) in [6.45, 7) is 5.96. The number of fused-ring (bicyclic) bond motifs is 1. The minimum absolute atomic E-state index is 0.126. The van der Waals surface area contributed by atoms with Gasteiger partial charge in [0, 0.05) is 31.5 Å². The molecule has 1 atom stereocenters. The maximum atomic E-state index is 12.6. The van der Waals surface area contributed by atoms with Crippen molar-refractivity contribution >= 4 is 11.6 Å². The summed E-state index contributed by atoms with van der Waals surface area (Å²) in [4.78, 5) is 18.9. The average Bonchev–Trinajstić information content (AvgIpc) is 3.34. The zero-order valence-electron chi connectivity index (χ0n) is 15.7. The molecule has 0 spiro atoms. The number of likely N-dealkylation sites (tertiary alicyclic amines) is 1. The van der Waals surface area contributed by atoms with Crippen molar-refractivity contribution in [2.75, 3.05) is 19.7 Å². The van der Waals surface area contributed by atoms with E-state index in [2.05, 4.69) is 15.2 Å². The van der Waals surface area contributed by atoms with Gasteiger partial charge >= 0.3 is 0 Å². The third-order valence-corrected chi connectivity index (χ3v) is 5.09. The Morgan fingerprint density at radius 2 is 2.15 bits per heavy atom. The molecule has 8 heteroatoms. The molecule has 142 valence electrons. The lowest BCUT2D eigenvalue weighted by Crippen LogP contribution is -2.42. The fraction of sp³-hybridized carbons (Fsp3) is 0.474. The van der Waals surface area contributed by atoms with Crippen molar-refractivity contribution in [3.05, 3.63) is 42.5 Å². The Labute approximate surface area is 157 Å². The maximum Gasteiger partial charge on any atom is 0.247 e. The van der Waals surface area contributed by atoms with Crippen LogP contribution in [0.5, 0.6) is 5.88 Å². The van der Waals surface area contributed by atoms with Gasteiger partial charge in [-0.2, -0.15) is 5.10 Å². The van der Waals surface area contributed by atoms with E-state index in [-0.39, 0.29) is 11.9 Å². The van der Waals surface area contributed by atoms with Gasteiger partial charge in [0.2, 0.25) is 11.8 Å². The number of hydrogen-bond donors (Lipinski definition) is 0. The first-order valence-electron chi connectivity index (χ1n) is 9.34. The summed E-state index contributed by atoms with van der Waals surface area (Å²) in [7, 11) is 0. The molecule has 4 heterocycles. The molecule has 0 N–H and O–H groups in total. The topological polar surface area (TPSA) is 77.5 Å². The highest BCUT2D eigenvalue weighted by molar-refractivity contribution is 5.80. The molecule has 3 aromatic rings. The number of aromatic nitrogens is 5. The van der Waals surface area contributed by atoms with Crippen LogP contribution in [-0.4, -0.2) is 54.9 Å². The molecule has 1 aliphatic rings. The molecule has 0 saturated carbocycles. The van der Waals surface area contributed by atoms with Crippen molar-refractivity contribution in [3.63, 3.8) is 0 Å². The molecule has 0 aromatic carbocycles. The van der Waals surface area contributed by atoms with Crippen molar-refractivity contribution in [1.82, 2.24) is 29.3 Å². The van der Waals surface area contributed by atoms with E-state index in [9.17, 15) is 4.79 Å².